The number of nitro benzene ring substituents is 1. The Morgan fingerprint density at radius 2 is 2.05 bits per heavy atom. The number of hydrogen-bond acceptors (Lipinski definition) is 5. The highest BCUT2D eigenvalue weighted by atomic mass is 19.1. The molecule has 19 heavy (non-hydrogen) atoms. The third-order valence-corrected chi connectivity index (χ3v) is 2.54. The number of benzene rings is 1. The molecule has 0 atom stereocenters. The van der Waals surface area contributed by atoms with E-state index in [0.717, 1.165) is 12.1 Å². The zero-order valence-electron chi connectivity index (χ0n) is 10.4. The second-order valence-electron chi connectivity index (χ2n) is 3.75. The van der Waals surface area contributed by atoms with Crippen molar-refractivity contribution in [3.63, 3.8) is 0 Å². The summed E-state index contributed by atoms with van der Waals surface area (Å²) in [6.07, 6.45) is -0.557. The van der Waals surface area contributed by atoms with Crippen LogP contribution in [-0.2, 0) is 20.7 Å². The minimum Gasteiger partial charge on any atom is -0.460 e. The van der Waals surface area contributed by atoms with E-state index in [2.05, 4.69) is 4.74 Å². The Morgan fingerprint density at radius 1 is 1.42 bits per heavy atom. The molecule has 0 aromatic heterocycles. The number of rotatable bonds is 5. The highest BCUT2D eigenvalue weighted by Crippen LogP contribution is 2.25. The van der Waals surface area contributed by atoms with Gasteiger partial charge in [-0.05, 0) is 25.5 Å². The molecule has 0 aliphatic carbocycles. The van der Waals surface area contributed by atoms with Gasteiger partial charge in [0.25, 0.3) is 5.69 Å². The first-order chi connectivity index (χ1) is 8.88. The molecule has 102 valence electrons. The molecule has 6 nitrogen and oxygen atoms in total. The lowest BCUT2D eigenvalue weighted by Crippen LogP contribution is -2.20. The average Bonchev–Trinajstić information content (AvgIpc) is 2.34. The summed E-state index contributed by atoms with van der Waals surface area (Å²) < 4.78 is 17.9. The van der Waals surface area contributed by atoms with Gasteiger partial charge in [0, 0.05) is 11.6 Å². The van der Waals surface area contributed by atoms with Crippen molar-refractivity contribution < 1.29 is 23.6 Å². The number of nitro groups is 1. The fourth-order valence-corrected chi connectivity index (χ4v) is 1.55. The maximum atomic E-state index is 13.4. The van der Waals surface area contributed by atoms with Crippen LogP contribution in [0.5, 0.6) is 0 Å². The van der Waals surface area contributed by atoms with Crippen molar-refractivity contribution in [3.8, 4) is 0 Å². The first-order valence-corrected chi connectivity index (χ1v) is 5.50. The van der Waals surface area contributed by atoms with E-state index >= 15 is 0 Å². The fourth-order valence-electron chi connectivity index (χ4n) is 1.55. The smallest absolute Gasteiger partial charge is 0.374 e. The Labute approximate surface area is 108 Å². The standard InChI is InChI=1S/C12H12FNO5/c1-3-19-12(16)11(15)6-8-7(2)9(13)4-5-10(8)14(17)18/h4-5H,3,6H2,1-2H3. The molecule has 0 amide bonds. The van der Waals surface area contributed by atoms with Crippen molar-refractivity contribution in [1.82, 2.24) is 0 Å². The van der Waals surface area contributed by atoms with Gasteiger partial charge in [0.15, 0.2) is 0 Å². The number of carbonyl (C=O) groups excluding carboxylic acids is 2. The zero-order chi connectivity index (χ0) is 14.6. The van der Waals surface area contributed by atoms with Crippen LogP contribution in [0.3, 0.4) is 0 Å². The molecule has 0 heterocycles. The average molecular weight is 269 g/mol. The van der Waals surface area contributed by atoms with Crippen LogP contribution in [-0.4, -0.2) is 23.3 Å². The van der Waals surface area contributed by atoms with E-state index in [1.54, 1.807) is 0 Å². The van der Waals surface area contributed by atoms with Crippen LogP contribution in [0.1, 0.15) is 18.1 Å². The number of nitrogens with zero attached hydrogens (tertiary/aromatic N) is 1. The molecule has 7 heteroatoms. The summed E-state index contributed by atoms with van der Waals surface area (Å²) >= 11 is 0. The maximum absolute atomic E-state index is 13.4. The molecule has 0 fully saturated rings. The molecule has 1 aromatic carbocycles. The Morgan fingerprint density at radius 3 is 2.58 bits per heavy atom. The van der Waals surface area contributed by atoms with Gasteiger partial charge in [-0.25, -0.2) is 9.18 Å². The molecular weight excluding hydrogens is 257 g/mol. The van der Waals surface area contributed by atoms with Gasteiger partial charge in [-0.2, -0.15) is 0 Å². The quantitative estimate of drug-likeness (QED) is 0.351. The minimum atomic E-state index is -1.08. The number of ether oxygens (including phenoxy) is 1. The van der Waals surface area contributed by atoms with Crippen LogP contribution < -0.4 is 0 Å². The highest BCUT2D eigenvalue weighted by molar-refractivity contribution is 6.34. The Bertz CT molecular complexity index is 541. The van der Waals surface area contributed by atoms with Gasteiger partial charge >= 0.3 is 5.97 Å². The van der Waals surface area contributed by atoms with Crippen molar-refractivity contribution in [2.24, 2.45) is 0 Å². The summed E-state index contributed by atoms with van der Waals surface area (Å²) in [5, 5.41) is 10.8. The summed E-state index contributed by atoms with van der Waals surface area (Å²) in [7, 11) is 0. The number of Topliss-reactive ketones (excluding diaryl/α,β-unsaturated/α-hetero) is 1. The number of hydrogen-bond donors (Lipinski definition) is 0. The van der Waals surface area contributed by atoms with E-state index < -0.39 is 34.6 Å². The van der Waals surface area contributed by atoms with Gasteiger partial charge in [0.1, 0.15) is 5.82 Å². The molecule has 0 aliphatic heterocycles. The second kappa shape index (κ2) is 6.03. The van der Waals surface area contributed by atoms with Gasteiger partial charge in [0.05, 0.1) is 18.0 Å². The molecule has 0 saturated carbocycles. The van der Waals surface area contributed by atoms with Crippen molar-refractivity contribution in [3.05, 3.63) is 39.2 Å². The molecule has 0 aliphatic rings. The second-order valence-corrected chi connectivity index (χ2v) is 3.75. The lowest BCUT2D eigenvalue weighted by Gasteiger charge is -2.07. The summed E-state index contributed by atoms with van der Waals surface area (Å²) in [4.78, 5) is 32.8. The number of carbonyl (C=O) groups is 2. The molecule has 0 unspecified atom stereocenters. The van der Waals surface area contributed by atoms with Crippen molar-refractivity contribution in [2.75, 3.05) is 6.61 Å². The van der Waals surface area contributed by atoms with Gasteiger partial charge in [-0.1, -0.05) is 0 Å². The van der Waals surface area contributed by atoms with Crippen molar-refractivity contribution in [2.45, 2.75) is 20.3 Å². The van der Waals surface area contributed by atoms with Gasteiger partial charge in [-0.15, -0.1) is 0 Å². The molecular formula is C12H12FNO5. The number of ketones is 1. The van der Waals surface area contributed by atoms with Crippen LogP contribution in [0, 0.1) is 22.9 Å². The summed E-state index contributed by atoms with van der Waals surface area (Å²) in [5.41, 5.74) is -0.522. The zero-order valence-corrected chi connectivity index (χ0v) is 10.4. The molecule has 0 bridgehead atoms. The van der Waals surface area contributed by atoms with E-state index in [4.69, 9.17) is 0 Å². The molecule has 1 rings (SSSR count). The van der Waals surface area contributed by atoms with E-state index in [1.807, 2.05) is 0 Å². The van der Waals surface area contributed by atoms with E-state index in [-0.39, 0.29) is 17.7 Å². The summed E-state index contributed by atoms with van der Waals surface area (Å²) in [6, 6.07) is 1.92. The lowest BCUT2D eigenvalue weighted by atomic mass is 10.0. The first-order valence-electron chi connectivity index (χ1n) is 5.50. The first kappa shape index (κ1) is 14.7. The monoisotopic (exact) mass is 269 g/mol. The van der Waals surface area contributed by atoms with E-state index in [9.17, 15) is 24.1 Å². The topological polar surface area (TPSA) is 86.5 Å². The van der Waals surface area contributed by atoms with Gasteiger partial charge in [-0.3, -0.25) is 14.9 Å². The van der Waals surface area contributed by atoms with Gasteiger partial charge in [0.2, 0.25) is 5.78 Å². The SMILES string of the molecule is CCOC(=O)C(=O)Cc1c([N+](=O)[O-])ccc(F)c1C. The van der Waals surface area contributed by atoms with Gasteiger partial charge < -0.3 is 4.74 Å². The predicted molar refractivity (Wildman–Crippen MR) is 63.1 cm³/mol. The lowest BCUT2D eigenvalue weighted by molar-refractivity contribution is -0.385. The normalized spacial score (nSPS) is 10.1. The fraction of sp³-hybridized carbons (Fsp3) is 0.333. The van der Waals surface area contributed by atoms with Crippen LogP contribution in [0.4, 0.5) is 10.1 Å². The Kier molecular flexibility index (Phi) is 4.68. The Balaban J connectivity index is 3.12. The molecule has 0 spiro atoms. The summed E-state index contributed by atoms with van der Waals surface area (Å²) in [5.74, 6) is -2.70. The largest absolute Gasteiger partial charge is 0.460 e. The predicted octanol–water partition coefficient (Wildman–Crippen LogP) is 1.72. The summed E-state index contributed by atoms with van der Waals surface area (Å²) in [6.45, 7) is 2.87. The minimum absolute atomic E-state index is 0.0214. The molecule has 0 radical (unpaired) electrons. The molecule has 1 aromatic rings. The maximum Gasteiger partial charge on any atom is 0.374 e. The van der Waals surface area contributed by atoms with Crippen molar-refractivity contribution in [1.29, 1.82) is 0 Å². The molecule has 0 N–H and O–H groups in total. The third kappa shape index (κ3) is 3.34. The molecule has 0 saturated heterocycles. The number of esters is 1. The van der Waals surface area contributed by atoms with Crippen LogP contribution in [0.15, 0.2) is 12.1 Å². The van der Waals surface area contributed by atoms with Crippen LogP contribution in [0.25, 0.3) is 0 Å². The van der Waals surface area contributed by atoms with E-state index in [0.29, 0.717) is 0 Å². The van der Waals surface area contributed by atoms with E-state index in [1.165, 1.54) is 13.8 Å². The van der Waals surface area contributed by atoms with Crippen LogP contribution >= 0.6 is 0 Å². The number of halogens is 1. The third-order valence-electron chi connectivity index (χ3n) is 2.54. The highest BCUT2D eigenvalue weighted by Gasteiger charge is 2.24. The Hall–Kier alpha value is -2.31. The van der Waals surface area contributed by atoms with Crippen LogP contribution in [0.2, 0.25) is 0 Å². The van der Waals surface area contributed by atoms with Crippen molar-refractivity contribution >= 4 is 17.4 Å².